The van der Waals surface area contributed by atoms with Crippen molar-refractivity contribution in [2.45, 2.75) is 13.3 Å². The first-order valence-electron chi connectivity index (χ1n) is 4.98. The first-order valence-corrected chi connectivity index (χ1v) is 4.98. The Morgan fingerprint density at radius 3 is 2.59 bits per heavy atom. The highest BCUT2D eigenvalue weighted by Crippen LogP contribution is 2.19. The van der Waals surface area contributed by atoms with Crippen LogP contribution in [0.2, 0.25) is 0 Å². The van der Waals surface area contributed by atoms with Gasteiger partial charge in [0.25, 0.3) is 5.69 Å². The summed E-state index contributed by atoms with van der Waals surface area (Å²) in [5.74, 6) is -1.30. The highest BCUT2D eigenvalue weighted by molar-refractivity contribution is 6.08. The summed E-state index contributed by atoms with van der Waals surface area (Å²) in [6, 6.07) is 5.50. The van der Waals surface area contributed by atoms with Crippen LogP contribution in [0, 0.1) is 10.1 Å². The maximum atomic E-state index is 11.6. The molecule has 0 radical (unpaired) electrons. The quantitative estimate of drug-likeness (QED) is 0.256. The Bertz CT molecular complexity index is 455. The summed E-state index contributed by atoms with van der Waals surface area (Å²) >= 11 is 0. The third-order valence-corrected chi connectivity index (χ3v) is 2.01. The number of para-hydroxylation sites is 1. The lowest BCUT2D eigenvalue weighted by atomic mass is 10.1. The Kier molecular flexibility index (Phi) is 4.33. The lowest BCUT2D eigenvalue weighted by Crippen LogP contribution is -2.12. The first kappa shape index (κ1) is 12.8. The van der Waals surface area contributed by atoms with Gasteiger partial charge in [0, 0.05) is 6.07 Å². The maximum absolute atomic E-state index is 11.6. The lowest BCUT2D eigenvalue weighted by Gasteiger charge is -2.02. The van der Waals surface area contributed by atoms with Crippen LogP contribution in [-0.2, 0) is 9.53 Å². The molecule has 0 aliphatic carbocycles. The van der Waals surface area contributed by atoms with Gasteiger partial charge in [-0.3, -0.25) is 19.7 Å². The van der Waals surface area contributed by atoms with Gasteiger partial charge in [0.2, 0.25) is 0 Å². The topological polar surface area (TPSA) is 86.5 Å². The van der Waals surface area contributed by atoms with Crippen molar-refractivity contribution in [2.24, 2.45) is 0 Å². The third-order valence-electron chi connectivity index (χ3n) is 2.01. The van der Waals surface area contributed by atoms with Crippen molar-refractivity contribution in [3.63, 3.8) is 0 Å². The van der Waals surface area contributed by atoms with E-state index in [1.165, 1.54) is 24.3 Å². The van der Waals surface area contributed by atoms with Gasteiger partial charge in [-0.1, -0.05) is 12.1 Å². The molecule has 0 saturated carbocycles. The number of benzene rings is 1. The number of nitrogens with zero attached hydrogens (tertiary/aromatic N) is 1. The second-order valence-electron chi connectivity index (χ2n) is 3.18. The third kappa shape index (κ3) is 3.37. The molecule has 6 nitrogen and oxygen atoms in total. The number of carbonyl (C=O) groups excluding carboxylic acids is 2. The van der Waals surface area contributed by atoms with Crippen molar-refractivity contribution >= 4 is 17.4 Å². The van der Waals surface area contributed by atoms with Crippen LogP contribution in [0.4, 0.5) is 5.69 Å². The molecule has 0 unspecified atom stereocenters. The summed E-state index contributed by atoms with van der Waals surface area (Å²) in [6.07, 6.45) is -0.487. The normalized spacial score (nSPS) is 9.71. The standard InChI is InChI=1S/C11H11NO5/c1-2-17-11(14)7-10(13)8-5-3-4-6-9(8)12(15)16/h3-6H,2,7H2,1H3. The summed E-state index contributed by atoms with van der Waals surface area (Å²) in [5.41, 5.74) is -0.382. The van der Waals surface area contributed by atoms with Gasteiger partial charge >= 0.3 is 5.97 Å². The monoisotopic (exact) mass is 237 g/mol. The fourth-order valence-electron chi connectivity index (χ4n) is 1.31. The Labute approximate surface area is 97.3 Å². The van der Waals surface area contributed by atoms with Crippen LogP contribution in [0.3, 0.4) is 0 Å². The van der Waals surface area contributed by atoms with E-state index in [9.17, 15) is 19.7 Å². The molecule has 0 aromatic heterocycles. The molecule has 0 atom stereocenters. The highest BCUT2D eigenvalue weighted by atomic mass is 16.6. The molecule has 0 aliphatic rings. The van der Waals surface area contributed by atoms with Crippen LogP contribution in [0.15, 0.2) is 24.3 Å². The van der Waals surface area contributed by atoms with Crippen LogP contribution in [0.1, 0.15) is 23.7 Å². The van der Waals surface area contributed by atoms with Crippen molar-refractivity contribution in [3.05, 3.63) is 39.9 Å². The molecule has 1 aromatic carbocycles. The fourth-order valence-corrected chi connectivity index (χ4v) is 1.31. The van der Waals surface area contributed by atoms with E-state index in [4.69, 9.17) is 0 Å². The van der Waals surface area contributed by atoms with Crippen LogP contribution in [-0.4, -0.2) is 23.3 Å². The number of hydrogen-bond donors (Lipinski definition) is 0. The molecule has 0 heterocycles. The second kappa shape index (κ2) is 5.74. The van der Waals surface area contributed by atoms with E-state index < -0.39 is 23.1 Å². The van der Waals surface area contributed by atoms with Crippen molar-refractivity contribution < 1.29 is 19.2 Å². The zero-order valence-electron chi connectivity index (χ0n) is 9.21. The number of carbonyl (C=O) groups is 2. The van der Waals surface area contributed by atoms with E-state index in [-0.39, 0.29) is 17.9 Å². The molecule has 1 aromatic rings. The largest absolute Gasteiger partial charge is 0.466 e. The van der Waals surface area contributed by atoms with E-state index in [1.54, 1.807) is 6.92 Å². The smallest absolute Gasteiger partial charge is 0.313 e. The Morgan fingerprint density at radius 1 is 1.35 bits per heavy atom. The molecule has 6 heteroatoms. The number of esters is 1. The number of ketones is 1. The van der Waals surface area contributed by atoms with E-state index in [1.807, 2.05) is 0 Å². The summed E-state index contributed by atoms with van der Waals surface area (Å²) in [4.78, 5) is 32.8. The van der Waals surface area contributed by atoms with Gasteiger partial charge in [-0.15, -0.1) is 0 Å². The first-order chi connectivity index (χ1) is 8.06. The van der Waals surface area contributed by atoms with Crippen LogP contribution in [0.5, 0.6) is 0 Å². The van der Waals surface area contributed by atoms with Crippen LogP contribution >= 0.6 is 0 Å². The molecule has 0 N–H and O–H groups in total. The van der Waals surface area contributed by atoms with Gasteiger partial charge in [-0.05, 0) is 13.0 Å². The zero-order chi connectivity index (χ0) is 12.8. The van der Waals surface area contributed by atoms with Crippen molar-refractivity contribution in [2.75, 3.05) is 6.61 Å². The zero-order valence-corrected chi connectivity index (χ0v) is 9.21. The molecule has 0 aliphatic heterocycles. The Balaban J connectivity index is 2.89. The predicted molar refractivity (Wildman–Crippen MR) is 58.7 cm³/mol. The molecule has 0 amide bonds. The SMILES string of the molecule is CCOC(=O)CC(=O)c1ccccc1[N+](=O)[O-]. The summed E-state index contributed by atoms with van der Waals surface area (Å²) in [5, 5.41) is 10.7. The van der Waals surface area contributed by atoms with Crippen LogP contribution < -0.4 is 0 Å². The van der Waals surface area contributed by atoms with Gasteiger partial charge in [0.05, 0.1) is 17.1 Å². The predicted octanol–water partition coefficient (Wildman–Crippen LogP) is 1.73. The molecule has 0 bridgehead atoms. The second-order valence-corrected chi connectivity index (χ2v) is 3.18. The molecule has 90 valence electrons. The Hall–Kier alpha value is -2.24. The molecular formula is C11H11NO5. The van der Waals surface area contributed by atoms with Gasteiger partial charge in [-0.2, -0.15) is 0 Å². The number of rotatable bonds is 5. The molecular weight excluding hydrogens is 226 g/mol. The van der Waals surface area contributed by atoms with Crippen molar-refractivity contribution in [3.8, 4) is 0 Å². The molecule has 1 rings (SSSR count). The molecule has 0 saturated heterocycles. The van der Waals surface area contributed by atoms with Crippen molar-refractivity contribution in [1.82, 2.24) is 0 Å². The molecule has 17 heavy (non-hydrogen) atoms. The number of hydrogen-bond acceptors (Lipinski definition) is 5. The minimum absolute atomic E-state index is 0.0782. The number of nitro groups is 1. The summed E-state index contributed by atoms with van der Waals surface area (Å²) in [7, 11) is 0. The minimum atomic E-state index is -0.685. The van der Waals surface area contributed by atoms with Gasteiger partial charge in [0.15, 0.2) is 5.78 Å². The summed E-state index contributed by atoms with van der Waals surface area (Å²) < 4.78 is 4.60. The average molecular weight is 237 g/mol. The van der Waals surface area contributed by atoms with Crippen LogP contribution in [0.25, 0.3) is 0 Å². The maximum Gasteiger partial charge on any atom is 0.313 e. The van der Waals surface area contributed by atoms with Gasteiger partial charge < -0.3 is 4.74 Å². The lowest BCUT2D eigenvalue weighted by molar-refractivity contribution is -0.385. The average Bonchev–Trinajstić information content (AvgIpc) is 2.29. The molecule has 0 spiro atoms. The molecule has 0 fully saturated rings. The number of ether oxygens (including phenoxy) is 1. The Morgan fingerprint density at radius 2 is 2.00 bits per heavy atom. The van der Waals surface area contributed by atoms with Gasteiger partial charge in [-0.25, -0.2) is 0 Å². The number of nitro benzene ring substituents is 1. The highest BCUT2D eigenvalue weighted by Gasteiger charge is 2.21. The van der Waals surface area contributed by atoms with Crippen molar-refractivity contribution in [1.29, 1.82) is 0 Å². The summed E-state index contributed by atoms with van der Waals surface area (Å²) in [6.45, 7) is 1.79. The van der Waals surface area contributed by atoms with Gasteiger partial charge in [0.1, 0.15) is 6.42 Å². The van der Waals surface area contributed by atoms with E-state index in [0.717, 1.165) is 0 Å². The minimum Gasteiger partial charge on any atom is -0.466 e. The van der Waals surface area contributed by atoms with E-state index in [0.29, 0.717) is 0 Å². The number of Topliss-reactive ketones (excluding diaryl/α,β-unsaturated/α-hetero) is 1. The van der Waals surface area contributed by atoms with E-state index >= 15 is 0 Å². The van der Waals surface area contributed by atoms with E-state index in [2.05, 4.69) is 4.74 Å². The fraction of sp³-hybridized carbons (Fsp3) is 0.273.